The second-order valence-electron chi connectivity index (χ2n) is 8.54. The van der Waals surface area contributed by atoms with Crippen molar-refractivity contribution in [2.24, 2.45) is 0 Å². The van der Waals surface area contributed by atoms with Gasteiger partial charge in [-0.2, -0.15) is 5.10 Å². The summed E-state index contributed by atoms with van der Waals surface area (Å²) >= 11 is 0. The Labute approximate surface area is 190 Å². The molecule has 0 fully saturated rings. The Balaban J connectivity index is 1.68. The highest BCUT2D eigenvalue weighted by atomic mass is 19.1. The highest BCUT2D eigenvalue weighted by molar-refractivity contribution is 5.97. The smallest absolute Gasteiger partial charge is 0.272 e. The minimum atomic E-state index is -0.506. The number of aromatic amines is 1. The maximum atomic E-state index is 14.3. The molecule has 2 unspecified atom stereocenters. The summed E-state index contributed by atoms with van der Waals surface area (Å²) in [6.07, 6.45) is 0. The van der Waals surface area contributed by atoms with Crippen LogP contribution in [0.4, 0.5) is 14.5 Å². The second-order valence-corrected chi connectivity index (χ2v) is 8.54. The van der Waals surface area contributed by atoms with E-state index in [0.717, 1.165) is 24.2 Å². The molecule has 2 atom stereocenters. The first-order valence-corrected chi connectivity index (χ1v) is 11.0. The van der Waals surface area contributed by atoms with Gasteiger partial charge in [0.15, 0.2) is 0 Å². The Morgan fingerprint density at radius 3 is 2.36 bits per heavy atom. The van der Waals surface area contributed by atoms with Gasteiger partial charge in [-0.25, -0.2) is 13.9 Å². The molecule has 1 aliphatic heterocycles. The molecule has 5 nitrogen and oxygen atoms in total. The first-order valence-electron chi connectivity index (χ1n) is 11.0. The molecule has 0 radical (unpaired) electrons. The van der Waals surface area contributed by atoms with E-state index in [1.807, 2.05) is 0 Å². The lowest BCUT2D eigenvalue weighted by atomic mass is 9.80. The predicted molar refractivity (Wildman–Crippen MR) is 125 cm³/mol. The predicted octanol–water partition coefficient (Wildman–Crippen LogP) is 4.95. The molecule has 0 aliphatic carbocycles. The van der Waals surface area contributed by atoms with Crippen molar-refractivity contribution in [2.75, 3.05) is 18.9 Å². The Morgan fingerprint density at radius 2 is 1.67 bits per heavy atom. The van der Waals surface area contributed by atoms with Gasteiger partial charge in [0.2, 0.25) is 0 Å². The summed E-state index contributed by atoms with van der Waals surface area (Å²) in [5.74, 6) is -1.11. The quantitative estimate of drug-likeness (QED) is 0.455. The van der Waals surface area contributed by atoms with Gasteiger partial charge in [-0.15, -0.1) is 0 Å². The molecule has 0 spiro atoms. The number of hydrogen-bond donors (Lipinski definition) is 2. The molecule has 0 amide bonds. The lowest BCUT2D eigenvalue weighted by Crippen LogP contribution is -2.28. The van der Waals surface area contributed by atoms with E-state index in [1.165, 1.54) is 29.8 Å². The van der Waals surface area contributed by atoms with E-state index in [9.17, 15) is 13.6 Å². The summed E-state index contributed by atoms with van der Waals surface area (Å²) in [4.78, 5) is 14.6. The minimum Gasteiger partial charge on any atom is -0.377 e. The zero-order valence-electron chi connectivity index (χ0n) is 18.4. The van der Waals surface area contributed by atoms with Crippen molar-refractivity contribution < 1.29 is 8.78 Å². The van der Waals surface area contributed by atoms with Crippen LogP contribution in [0.5, 0.6) is 0 Å². The Kier molecular flexibility index (Phi) is 5.42. The maximum absolute atomic E-state index is 14.3. The number of benzene rings is 3. The molecule has 33 heavy (non-hydrogen) atoms. The number of aromatic nitrogens is 2. The van der Waals surface area contributed by atoms with Gasteiger partial charge in [0.1, 0.15) is 11.6 Å². The molecule has 5 rings (SSSR count). The van der Waals surface area contributed by atoms with E-state index in [1.54, 1.807) is 12.1 Å². The summed E-state index contributed by atoms with van der Waals surface area (Å²) in [5, 5.41) is 11.2. The Morgan fingerprint density at radius 1 is 0.970 bits per heavy atom. The summed E-state index contributed by atoms with van der Waals surface area (Å²) in [6.45, 7) is 3.90. The summed E-state index contributed by atoms with van der Waals surface area (Å²) in [6, 6.07) is 16.9. The molecule has 0 bridgehead atoms. The number of nitrogens with one attached hydrogen (secondary N) is 2. The number of rotatable bonds is 5. The molecule has 3 aromatic carbocycles. The Bertz CT molecular complexity index is 1370. The van der Waals surface area contributed by atoms with Gasteiger partial charge in [0.05, 0.1) is 23.0 Å². The van der Waals surface area contributed by atoms with Gasteiger partial charge in [0, 0.05) is 17.6 Å². The van der Waals surface area contributed by atoms with Crippen molar-refractivity contribution in [1.29, 1.82) is 0 Å². The van der Waals surface area contributed by atoms with E-state index in [-0.39, 0.29) is 23.2 Å². The van der Waals surface area contributed by atoms with Crippen molar-refractivity contribution in [1.82, 2.24) is 15.1 Å². The van der Waals surface area contributed by atoms with Crippen LogP contribution >= 0.6 is 0 Å². The molecule has 2 heterocycles. The molecule has 7 heteroatoms. The standard InChI is InChI=1S/C26H24F2N4O/c1-3-32(2)14-15-4-6-16(7-5-15)22-24(17-8-10-18(27)11-9-17)29-21-13-19(28)12-20-23(21)25(22)30-31-26(20)33/h4-13,22,24,29H,3,14H2,1-2H3,(H,31,33). The average Bonchev–Trinajstić information content (AvgIpc) is 2.81. The fourth-order valence-corrected chi connectivity index (χ4v) is 4.59. The van der Waals surface area contributed by atoms with Crippen molar-refractivity contribution >= 4 is 16.5 Å². The van der Waals surface area contributed by atoms with E-state index in [0.29, 0.717) is 16.8 Å². The topological polar surface area (TPSA) is 61.0 Å². The number of nitrogens with zero attached hydrogens (tertiary/aromatic N) is 2. The molecule has 0 saturated heterocycles. The van der Waals surface area contributed by atoms with Gasteiger partial charge < -0.3 is 10.2 Å². The van der Waals surface area contributed by atoms with E-state index >= 15 is 0 Å². The van der Waals surface area contributed by atoms with Gasteiger partial charge in [-0.05, 0) is 54.5 Å². The highest BCUT2D eigenvalue weighted by Crippen LogP contribution is 2.46. The Hall–Kier alpha value is -3.58. The van der Waals surface area contributed by atoms with Crippen LogP contribution < -0.4 is 10.9 Å². The first-order chi connectivity index (χ1) is 15.9. The summed E-state index contributed by atoms with van der Waals surface area (Å²) in [7, 11) is 2.07. The number of halogens is 2. The molecule has 1 aliphatic rings. The van der Waals surface area contributed by atoms with Crippen molar-refractivity contribution in [3.05, 3.63) is 105 Å². The summed E-state index contributed by atoms with van der Waals surface area (Å²) in [5.41, 5.74) is 3.75. The largest absolute Gasteiger partial charge is 0.377 e. The zero-order valence-corrected chi connectivity index (χ0v) is 18.4. The van der Waals surface area contributed by atoms with Gasteiger partial charge in [-0.1, -0.05) is 43.3 Å². The monoisotopic (exact) mass is 446 g/mol. The minimum absolute atomic E-state index is 0.256. The first kappa shape index (κ1) is 21.3. The van der Waals surface area contributed by atoms with E-state index < -0.39 is 11.4 Å². The van der Waals surface area contributed by atoms with E-state index in [2.05, 4.69) is 58.7 Å². The molecule has 168 valence electrons. The van der Waals surface area contributed by atoms with Crippen molar-refractivity contribution in [3.8, 4) is 0 Å². The van der Waals surface area contributed by atoms with Gasteiger partial charge in [0.25, 0.3) is 5.56 Å². The summed E-state index contributed by atoms with van der Waals surface area (Å²) < 4.78 is 28.0. The van der Waals surface area contributed by atoms with E-state index in [4.69, 9.17) is 0 Å². The highest BCUT2D eigenvalue weighted by Gasteiger charge is 2.35. The number of anilines is 1. The number of hydrogen-bond acceptors (Lipinski definition) is 4. The third-order valence-electron chi connectivity index (χ3n) is 6.38. The van der Waals surface area contributed by atoms with Crippen molar-refractivity contribution in [3.63, 3.8) is 0 Å². The molecular weight excluding hydrogens is 422 g/mol. The van der Waals surface area contributed by atoms with Gasteiger partial charge >= 0.3 is 0 Å². The SMILES string of the molecule is CCN(C)Cc1ccc(C2c3n[nH]c(=O)c4cc(F)cc(c34)NC2c2ccc(F)cc2)cc1. The molecule has 4 aromatic rings. The zero-order chi connectivity index (χ0) is 23.1. The van der Waals surface area contributed by atoms with Gasteiger partial charge in [-0.3, -0.25) is 4.79 Å². The van der Waals surface area contributed by atoms with Crippen LogP contribution in [0.2, 0.25) is 0 Å². The average molecular weight is 447 g/mol. The second kappa shape index (κ2) is 8.41. The number of H-pyrrole nitrogens is 1. The fraction of sp³-hybridized carbons (Fsp3) is 0.231. The van der Waals surface area contributed by atoms with Crippen LogP contribution in [-0.2, 0) is 6.54 Å². The molecule has 0 saturated carbocycles. The van der Waals surface area contributed by atoms with Crippen LogP contribution in [0.1, 0.15) is 41.3 Å². The van der Waals surface area contributed by atoms with Crippen LogP contribution in [0.3, 0.4) is 0 Å². The fourth-order valence-electron chi connectivity index (χ4n) is 4.59. The van der Waals surface area contributed by atoms with Crippen LogP contribution in [0.15, 0.2) is 65.5 Å². The van der Waals surface area contributed by atoms with Crippen LogP contribution in [0.25, 0.3) is 10.8 Å². The third kappa shape index (κ3) is 3.89. The van der Waals surface area contributed by atoms with Crippen molar-refractivity contribution in [2.45, 2.75) is 25.4 Å². The third-order valence-corrected chi connectivity index (χ3v) is 6.38. The molecule has 2 N–H and O–H groups in total. The molecule has 1 aromatic heterocycles. The lowest BCUT2D eigenvalue weighted by Gasteiger charge is -2.35. The maximum Gasteiger partial charge on any atom is 0.272 e. The van der Waals surface area contributed by atoms with Crippen LogP contribution in [-0.4, -0.2) is 28.7 Å². The lowest BCUT2D eigenvalue weighted by molar-refractivity contribution is 0.346. The normalized spacial score (nSPS) is 17.4. The molecular formula is C26H24F2N4O. The van der Waals surface area contributed by atoms with Crippen LogP contribution in [0, 0.1) is 11.6 Å².